The molecule has 1 rings (SSSR count). The third-order valence-electron chi connectivity index (χ3n) is 2.54. The Bertz CT molecular complexity index is 485. The molecule has 0 amide bonds. The quantitative estimate of drug-likeness (QED) is 0.650. The highest BCUT2D eigenvalue weighted by molar-refractivity contribution is 6.08. The Morgan fingerprint density at radius 2 is 2.00 bits per heavy atom. The summed E-state index contributed by atoms with van der Waals surface area (Å²) in [6.07, 6.45) is 0.0211. The maximum atomic E-state index is 13.8. The first-order valence-electron chi connectivity index (χ1n) is 5.23. The van der Waals surface area contributed by atoms with Gasteiger partial charge in [-0.05, 0) is 18.6 Å². The van der Waals surface area contributed by atoms with Crippen molar-refractivity contribution in [3.05, 3.63) is 29.3 Å². The number of carbonyl (C=O) groups excluding carboxylic acids is 1. The van der Waals surface area contributed by atoms with Crippen molar-refractivity contribution < 1.29 is 28.2 Å². The second-order valence-electron chi connectivity index (χ2n) is 3.61. The van der Waals surface area contributed by atoms with Gasteiger partial charge in [0.05, 0.1) is 12.7 Å². The average molecular weight is 258 g/mol. The molecule has 0 saturated carbocycles. The molecule has 0 radical (unpaired) electrons. The van der Waals surface area contributed by atoms with Gasteiger partial charge < -0.3 is 9.84 Å². The molecule has 0 bridgehead atoms. The third kappa shape index (κ3) is 2.47. The van der Waals surface area contributed by atoms with E-state index < -0.39 is 40.6 Å². The molecule has 1 unspecified atom stereocenters. The maximum Gasteiger partial charge on any atom is 0.314 e. The monoisotopic (exact) mass is 258 g/mol. The number of rotatable bonds is 5. The minimum absolute atomic E-state index is 0.0211. The van der Waals surface area contributed by atoms with Crippen molar-refractivity contribution in [1.82, 2.24) is 0 Å². The molecule has 0 fully saturated rings. The van der Waals surface area contributed by atoms with Crippen molar-refractivity contribution in [3.63, 3.8) is 0 Å². The third-order valence-corrected chi connectivity index (χ3v) is 2.54. The largest absolute Gasteiger partial charge is 0.491 e. The van der Waals surface area contributed by atoms with Gasteiger partial charge in [-0.2, -0.15) is 0 Å². The lowest BCUT2D eigenvalue weighted by Crippen LogP contribution is -2.24. The fraction of sp³-hybridized carbons (Fsp3) is 0.333. The van der Waals surface area contributed by atoms with Crippen LogP contribution < -0.4 is 4.74 Å². The van der Waals surface area contributed by atoms with Crippen molar-refractivity contribution in [1.29, 1.82) is 0 Å². The first kappa shape index (κ1) is 14.1. The number of carboxylic acids is 1. The summed E-state index contributed by atoms with van der Waals surface area (Å²) in [7, 11) is 1.06. The van der Waals surface area contributed by atoms with Crippen LogP contribution >= 0.6 is 0 Å². The Balaban J connectivity index is 3.26. The number of aliphatic carboxylic acids is 1. The first-order valence-corrected chi connectivity index (χ1v) is 5.23. The summed E-state index contributed by atoms with van der Waals surface area (Å²) in [6.45, 7) is 1.50. The Kier molecular flexibility index (Phi) is 4.36. The minimum Gasteiger partial charge on any atom is -0.491 e. The molecule has 1 N–H and O–H groups in total. The molecule has 1 aromatic rings. The van der Waals surface area contributed by atoms with Crippen LogP contribution in [0.5, 0.6) is 5.75 Å². The van der Waals surface area contributed by atoms with E-state index in [2.05, 4.69) is 4.74 Å². The van der Waals surface area contributed by atoms with Gasteiger partial charge in [0.15, 0.2) is 23.2 Å². The molecule has 0 heterocycles. The predicted octanol–water partition coefficient (Wildman–Crippen LogP) is 2.27. The smallest absolute Gasteiger partial charge is 0.314 e. The highest BCUT2D eigenvalue weighted by Crippen LogP contribution is 2.26. The van der Waals surface area contributed by atoms with Crippen LogP contribution in [0.15, 0.2) is 12.1 Å². The lowest BCUT2D eigenvalue weighted by Gasteiger charge is -2.11. The van der Waals surface area contributed by atoms with E-state index in [1.165, 1.54) is 6.92 Å². The van der Waals surface area contributed by atoms with E-state index in [1.807, 2.05) is 0 Å². The molecule has 6 heteroatoms. The molecular formula is C12H12F2O4. The van der Waals surface area contributed by atoms with E-state index in [-0.39, 0.29) is 6.42 Å². The van der Waals surface area contributed by atoms with Gasteiger partial charge in [0, 0.05) is 0 Å². The zero-order chi connectivity index (χ0) is 13.9. The van der Waals surface area contributed by atoms with Gasteiger partial charge in [-0.3, -0.25) is 9.59 Å². The highest BCUT2D eigenvalue weighted by Gasteiger charge is 2.29. The van der Waals surface area contributed by atoms with Gasteiger partial charge in [0.25, 0.3) is 0 Å². The van der Waals surface area contributed by atoms with Gasteiger partial charge in [0.2, 0.25) is 0 Å². The van der Waals surface area contributed by atoms with Crippen molar-refractivity contribution in [2.45, 2.75) is 13.3 Å². The highest BCUT2D eigenvalue weighted by atomic mass is 19.1. The number of hydrogen-bond acceptors (Lipinski definition) is 3. The molecule has 0 saturated heterocycles. The minimum atomic E-state index is -1.35. The lowest BCUT2D eigenvalue weighted by molar-refractivity contribution is -0.140. The van der Waals surface area contributed by atoms with Crippen LogP contribution in [0.4, 0.5) is 8.78 Å². The zero-order valence-electron chi connectivity index (χ0n) is 9.87. The summed E-state index contributed by atoms with van der Waals surface area (Å²) in [5.74, 6) is -6.42. The van der Waals surface area contributed by atoms with E-state index in [1.54, 1.807) is 0 Å². The molecule has 0 aliphatic carbocycles. The van der Waals surface area contributed by atoms with Crippen molar-refractivity contribution >= 4 is 11.8 Å². The number of carbonyl (C=O) groups is 2. The number of hydrogen-bond donors (Lipinski definition) is 1. The summed E-state index contributed by atoms with van der Waals surface area (Å²) in [5.41, 5.74) is -0.484. The SMILES string of the molecule is CCC(C(=O)O)C(=O)c1ccc(F)c(OC)c1F. The Morgan fingerprint density at radius 3 is 2.44 bits per heavy atom. The summed E-state index contributed by atoms with van der Waals surface area (Å²) >= 11 is 0. The summed E-state index contributed by atoms with van der Waals surface area (Å²) < 4.78 is 31.4. The number of ether oxygens (including phenoxy) is 1. The van der Waals surface area contributed by atoms with Gasteiger partial charge >= 0.3 is 5.97 Å². The van der Waals surface area contributed by atoms with Crippen molar-refractivity contribution in [2.75, 3.05) is 7.11 Å². The Labute approximate surface area is 102 Å². The number of carboxylic acid groups (broad SMARTS) is 1. The predicted molar refractivity (Wildman–Crippen MR) is 58.7 cm³/mol. The first-order chi connectivity index (χ1) is 8.43. The molecule has 0 spiro atoms. The van der Waals surface area contributed by atoms with Gasteiger partial charge in [-0.15, -0.1) is 0 Å². The second-order valence-corrected chi connectivity index (χ2v) is 3.61. The fourth-order valence-corrected chi connectivity index (χ4v) is 1.57. The average Bonchev–Trinajstić information content (AvgIpc) is 2.29. The summed E-state index contributed by atoms with van der Waals surface area (Å²) in [4.78, 5) is 22.6. The van der Waals surface area contributed by atoms with Crippen LogP contribution in [0.3, 0.4) is 0 Å². The summed E-state index contributed by atoms with van der Waals surface area (Å²) in [5, 5.41) is 8.83. The van der Waals surface area contributed by atoms with Crippen LogP contribution in [0, 0.1) is 17.6 Å². The van der Waals surface area contributed by atoms with E-state index in [4.69, 9.17) is 5.11 Å². The van der Waals surface area contributed by atoms with Crippen LogP contribution in [-0.4, -0.2) is 24.0 Å². The van der Waals surface area contributed by atoms with Crippen LogP contribution in [0.2, 0.25) is 0 Å². The number of methoxy groups -OCH3 is 1. The topological polar surface area (TPSA) is 63.6 Å². The number of ketones is 1. The maximum absolute atomic E-state index is 13.8. The molecule has 0 aromatic heterocycles. The Hall–Kier alpha value is -1.98. The van der Waals surface area contributed by atoms with E-state index in [9.17, 15) is 18.4 Å². The van der Waals surface area contributed by atoms with E-state index >= 15 is 0 Å². The van der Waals surface area contributed by atoms with Gasteiger partial charge in [0.1, 0.15) is 5.92 Å². The number of Topliss-reactive ketones (excluding diaryl/α,β-unsaturated/α-hetero) is 1. The number of benzene rings is 1. The molecule has 0 aliphatic rings. The zero-order valence-corrected chi connectivity index (χ0v) is 9.87. The van der Waals surface area contributed by atoms with Crippen LogP contribution in [-0.2, 0) is 4.79 Å². The lowest BCUT2D eigenvalue weighted by atomic mass is 9.95. The molecule has 4 nitrogen and oxygen atoms in total. The standard InChI is InChI=1S/C12H12F2O4/c1-3-6(12(16)17)10(15)7-4-5-8(13)11(18-2)9(7)14/h4-6H,3H2,1-2H3,(H,16,17). The molecule has 1 atom stereocenters. The molecule has 0 aliphatic heterocycles. The normalized spacial score (nSPS) is 12.0. The van der Waals surface area contributed by atoms with E-state index in [0.717, 1.165) is 19.2 Å². The van der Waals surface area contributed by atoms with Crippen LogP contribution in [0.25, 0.3) is 0 Å². The van der Waals surface area contributed by atoms with Gasteiger partial charge in [-0.1, -0.05) is 6.92 Å². The van der Waals surface area contributed by atoms with Crippen LogP contribution in [0.1, 0.15) is 23.7 Å². The second kappa shape index (κ2) is 5.57. The molecule has 1 aromatic carbocycles. The summed E-state index contributed by atoms with van der Waals surface area (Å²) in [6, 6.07) is 1.78. The molecular weight excluding hydrogens is 246 g/mol. The fourth-order valence-electron chi connectivity index (χ4n) is 1.57. The van der Waals surface area contributed by atoms with Crippen molar-refractivity contribution in [3.8, 4) is 5.75 Å². The Morgan fingerprint density at radius 1 is 1.39 bits per heavy atom. The van der Waals surface area contributed by atoms with E-state index in [0.29, 0.717) is 0 Å². The van der Waals surface area contributed by atoms with Gasteiger partial charge in [-0.25, -0.2) is 8.78 Å². The molecule has 98 valence electrons. The van der Waals surface area contributed by atoms with Crippen molar-refractivity contribution in [2.24, 2.45) is 5.92 Å². The molecule has 18 heavy (non-hydrogen) atoms. The number of halogens is 2.